The second-order valence-electron chi connectivity index (χ2n) is 12.6. The molecule has 0 aromatic carbocycles. The minimum Gasteiger partial charge on any atom is -0.461 e. The van der Waals surface area contributed by atoms with Crippen LogP contribution in [0.25, 0.3) is 0 Å². The Balaban J connectivity index is 1.61. The molecule has 12 atom stereocenters. The largest absolute Gasteiger partial charge is 0.461 e. The number of Topliss-reactive ketones (excluding diaryl/α,β-unsaturated/α-hetero) is 1. The summed E-state index contributed by atoms with van der Waals surface area (Å²) in [5, 5.41) is 21.9. The van der Waals surface area contributed by atoms with Gasteiger partial charge in [0.1, 0.15) is 11.9 Å². The van der Waals surface area contributed by atoms with Crippen molar-refractivity contribution in [3.05, 3.63) is 0 Å². The number of rotatable bonds is 5. The number of hydrogen-bond acceptors (Lipinski definition) is 7. The van der Waals surface area contributed by atoms with Gasteiger partial charge in [0.25, 0.3) is 0 Å². The van der Waals surface area contributed by atoms with E-state index < -0.39 is 23.7 Å². The minimum absolute atomic E-state index is 0.000909. The highest BCUT2D eigenvalue weighted by atomic mass is 32.2. The van der Waals surface area contributed by atoms with E-state index in [0.29, 0.717) is 25.2 Å². The van der Waals surface area contributed by atoms with Gasteiger partial charge in [-0.1, -0.05) is 41.0 Å². The van der Waals surface area contributed by atoms with Gasteiger partial charge in [0, 0.05) is 29.0 Å². The molecule has 4 aliphatic rings. The Labute approximate surface area is 215 Å². The number of aliphatic hydroxyl groups excluding tert-OH is 2. The van der Waals surface area contributed by atoms with Gasteiger partial charge in [0.15, 0.2) is 0 Å². The predicted octanol–water partition coefficient (Wildman–Crippen LogP) is 3.95. The Morgan fingerprint density at radius 3 is 2.54 bits per heavy atom. The molecular weight excluding hydrogens is 462 g/mol. The first kappa shape index (κ1) is 27.4. The molecular formula is C28H47NO5S. The first-order chi connectivity index (χ1) is 16.5. The second kappa shape index (κ2) is 10.3. The zero-order valence-corrected chi connectivity index (χ0v) is 23.1. The summed E-state index contributed by atoms with van der Waals surface area (Å²) in [5.41, 5.74) is 5.29. The van der Waals surface area contributed by atoms with Crippen LogP contribution in [-0.2, 0) is 14.3 Å². The number of ketones is 1. The topological polar surface area (TPSA) is 110 Å². The van der Waals surface area contributed by atoms with Gasteiger partial charge >= 0.3 is 5.97 Å². The van der Waals surface area contributed by atoms with Crippen molar-refractivity contribution in [2.45, 2.75) is 116 Å². The summed E-state index contributed by atoms with van der Waals surface area (Å²) in [4.78, 5) is 26.7. The molecule has 4 rings (SSSR count). The van der Waals surface area contributed by atoms with Gasteiger partial charge in [0.2, 0.25) is 0 Å². The summed E-state index contributed by atoms with van der Waals surface area (Å²) in [6, 6.07) is 0.0301. The lowest BCUT2D eigenvalue weighted by Gasteiger charge is -2.62. The number of hydrogen-bond donors (Lipinski definition) is 3. The van der Waals surface area contributed by atoms with Crippen LogP contribution in [0.2, 0.25) is 0 Å². The van der Waals surface area contributed by atoms with Crippen molar-refractivity contribution in [1.29, 1.82) is 0 Å². The second-order valence-corrected chi connectivity index (χ2v) is 13.8. The average Bonchev–Trinajstić information content (AvgIpc) is 3.15. The van der Waals surface area contributed by atoms with Crippen LogP contribution in [0.5, 0.6) is 0 Å². The molecule has 4 saturated carbocycles. The van der Waals surface area contributed by atoms with Crippen molar-refractivity contribution in [2.75, 3.05) is 5.75 Å². The SMILES string of the molecule is CC[C@H]1C[C@H](OC(=O)CS[C@@H]2CC[C@@H](N)C[C@H]2O)[C@]2(C)[C@H](C)[C@@H](C)C[C@]3(CCC(=O)[C@H]32)[C@@H](C)[C@@H]1O. The fourth-order valence-corrected chi connectivity index (χ4v) is 9.73. The molecule has 2 bridgehead atoms. The highest BCUT2D eigenvalue weighted by Gasteiger charge is 2.68. The van der Waals surface area contributed by atoms with Gasteiger partial charge < -0.3 is 20.7 Å². The molecule has 6 nitrogen and oxygen atoms in total. The average molecular weight is 510 g/mol. The number of ether oxygens (including phenoxy) is 1. The van der Waals surface area contributed by atoms with Crippen LogP contribution >= 0.6 is 11.8 Å². The van der Waals surface area contributed by atoms with Crippen molar-refractivity contribution < 1.29 is 24.5 Å². The van der Waals surface area contributed by atoms with Crippen LogP contribution in [0.4, 0.5) is 0 Å². The summed E-state index contributed by atoms with van der Waals surface area (Å²) >= 11 is 1.47. The fourth-order valence-electron chi connectivity index (χ4n) is 8.67. The molecule has 0 aromatic heterocycles. The number of esters is 1. The van der Waals surface area contributed by atoms with E-state index in [4.69, 9.17) is 10.5 Å². The predicted molar refractivity (Wildman–Crippen MR) is 139 cm³/mol. The zero-order chi connectivity index (χ0) is 25.7. The molecule has 4 N–H and O–H groups in total. The Morgan fingerprint density at radius 1 is 1.17 bits per heavy atom. The van der Waals surface area contributed by atoms with E-state index in [1.165, 1.54) is 11.8 Å². The third-order valence-electron chi connectivity index (χ3n) is 11.0. The van der Waals surface area contributed by atoms with E-state index in [9.17, 15) is 19.8 Å². The van der Waals surface area contributed by atoms with Gasteiger partial charge in [-0.15, -0.1) is 11.8 Å². The smallest absolute Gasteiger partial charge is 0.316 e. The highest BCUT2D eigenvalue weighted by Crippen LogP contribution is 2.68. The molecule has 0 unspecified atom stereocenters. The molecule has 7 heteroatoms. The van der Waals surface area contributed by atoms with E-state index in [1.54, 1.807) is 0 Å². The number of nitrogens with two attached hydrogens (primary N) is 1. The summed E-state index contributed by atoms with van der Waals surface area (Å²) in [5.74, 6) is 0.709. The first-order valence-electron chi connectivity index (χ1n) is 13.9. The van der Waals surface area contributed by atoms with Crippen molar-refractivity contribution in [2.24, 2.45) is 46.2 Å². The van der Waals surface area contributed by atoms with Gasteiger partial charge in [-0.2, -0.15) is 0 Å². The molecule has 200 valence electrons. The van der Waals surface area contributed by atoms with Crippen LogP contribution in [-0.4, -0.2) is 57.3 Å². The molecule has 35 heavy (non-hydrogen) atoms. The third-order valence-corrected chi connectivity index (χ3v) is 12.4. The van der Waals surface area contributed by atoms with E-state index in [1.807, 2.05) is 0 Å². The van der Waals surface area contributed by atoms with Crippen molar-refractivity contribution in [3.8, 4) is 0 Å². The van der Waals surface area contributed by atoms with Crippen LogP contribution in [0.15, 0.2) is 0 Å². The van der Waals surface area contributed by atoms with E-state index >= 15 is 0 Å². The van der Waals surface area contributed by atoms with E-state index in [0.717, 1.165) is 32.1 Å². The Kier molecular flexibility index (Phi) is 8.04. The maximum absolute atomic E-state index is 13.5. The van der Waals surface area contributed by atoms with E-state index in [2.05, 4.69) is 34.6 Å². The summed E-state index contributed by atoms with van der Waals surface area (Å²) in [7, 11) is 0. The fraction of sp³-hybridized carbons (Fsp3) is 0.929. The van der Waals surface area contributed by atoms with Crippen molar-refractivity contribution in [1.82, 2.24) is 0 Å². The van der Waals surface area contributed by atoms with Crippen molar-refractivity contribution in [3.63, 3.8) is 0 Å². The van der Waals surface area contributed by atoms with Crippen LogP contribution in [0.3, 0.4) is 0 Å². The van der Waals surface area contributed by atoms with Gasteiger partial charge in [-0.3, -0.25) is 9.59 Å². The van der Waals surface area contributed by atoms with Gasteiger partial charge in [-0.05, 0) is 67.6 Å². The molecule has 0 spiro atoms. The zero-order valence-electron chi connectivity index (χ0n) is 22.2. The van der Waals surface area contributed by atoms with Crippen LogP contribution < -0.4 is 5.73 Å². The monoisotopic (exact) mass is 509 g/mol. The lowest BCUT2D eigenvalue weighted by atomic mass is 9.43. The maximum Gasteiger partial charge on any atom is 0.316 e. The van der Waals surface area contributed by atoms with Crippen LogP contribution in [0.1, 0.15) is 86.0 Å². The maximum atomic E-state index is 13.5. The molecule has 0 aliphatic heterocycles. The molecule has 0 amide bonds. The van der Waals surface area contributed by atoms with Crippen molar-refractivity contribution >= 4 is 23.5 Å². The number of aliphatic hydroxyl groups is 2. The lowest BCUT2D eigenvalue weighted by molar-refractivity contribution is -0.208. The molecule has 0 aromatic rings. The number of carbonyl (C=O) groups excluding carboxylic acids is 2. The molecule has 0 heterocycles. The summed E-state index contributed by atoms with van der Waals surface area (Å²) in [6.07, 6.45) is 4.58. The normalized spacial score (nSPS) is 50.2. The summed E-state index contributed by atoms with van der Waals surface area (Å²) < 4.78 is 6.32. The molecule has 0 saturated heterocycles. The van der Waals surface area contributed by atoms with E-state index in [-0.39, 0.29) is 57.9 Å². The molecule has 0 radical (unpaired) electrons. The Bertz CT molecular complexity index is 808. The lowest BCUT2D eigenvalue weighted by Crippen LogP contribution is -2.63. The summed E-state index contributed by atoms with van der Waals surface area (Å²) in [6.45, 7) is 11.0. The highest BCUT2D eigenvalue weighted by molar-refractivity contribution is 8.00. The van der Waals surface area contributed by atoms with Crippen LogP contribution in [0, 0.1) is 40.4 Å². The number of carbonyl (C=O) groups is 2. The Hall–Kier alpha value is -0.630. The Morgan fingerprint density at radius 2 is 1.89 bits per heavy atom. The number of thioether (sulfide) groups is 1. The first-order valence-corrected chi connectivity index (χ1v) is 15.0. The minimum atomic E-state index is -0.504. The third kappa shape index (κ3) is 4.61. The van der Waals surface area contributed by atoms with Gasteiger partial charge in [0.05, 0.1) is 18.0 Å². The quantitative estimate of drug-likeness (QED) is 0.482. The molecule has 4 aliphatic carbocycles. The van der Waals surface area contributed by atoms with Gasteiger partial charge in [-0.25, -0.2) is 0 Å². The standard InChI is InChI=1S/C28H47NO5S/c1-6-18-11-23(34-24(32)14-35-22-8-7-19(29)12-21(22)31)27(5)16(3)15(2)13-28(17(4)25(18)33)10-9-20(30)26(27)28/h15-19,21-23,25-26,31,33H,6-14,29H2,1-5H3/t15-,16+,17-,18-,19+,21+,22+,23-,25-,26-,27-,28+/m0/s1. The molecule has 4 fully saturated rings.